The van der Waals surface area contributed by atoms with Crippen LogP contribution < -0.4 is 19.5 Å². The Hall–Kier alpha value is -2.64. The van der Waals surface area contributed by atoms with Crippen molar-refractivity contribution < 1.29 is 23.8 Å². The van der Waals surface area contributed by atoms with Gasteiger partial charge in [-0.15, -0.1) is 0 Å². The fourth-order valence-electron chi connectivity index (χ4n) is 3.71. The largest absolute Gasteiger partial charge is 0.493 e. The van der Waals surface area contributed by atoms with Crippen molar-refractivity contribution in [3.8, 4) is 17.2 Å². The van der Waals surface area contributed by atoms with Crippen LogP contribution in [0.15, 0.2) is 12.1 Å². The molecule has 2 rings (SSSR count). The van der Waals surface area contributed by atoms with E-state index in [0.717, 1.165) is 5.56 Å². The predicted octanol–water partition coefficient (Wildman–Crippen LogP) is 2.71. The Kier molecular flexibility index (Phi) is 7.44. The smallest absolute Gasteiger partial charge is 0.317 e. The van der Waals surface area contributed by atoms with Crippen LogP contribution in [-0.2, 0) is 4.79 Å². The molecule has 0 spiro atoms. The van der Waals surface area contributed by atoms with Gasteiger partial charge in [0.2, 0.25) is 11.7 Å². The zero-order valence-electron chi connectivity index (χ0n) is 19.4. The van der Waals surface area contributed by atoms with Gasteiger partial charge in [-0.05, 0) is 45.4 Å². The van der Waals surface area contributed by atoms with Gasteiger partial charge in [0.05, 0.1) is 27.2 Å². The summed E-state index contributed by atoms with van der Waals surface area (Å²) >= 11 is 0. The number of rotatable bonds is 6. The van der Waals surface area contributed by atoms with Crippen molar-refractivity contribution in [3.05, 3.63) is 17.7 Å². The number of amides is 3. The van der Waals surface area contributed by atoms with Crippen molar-refractivity contribution in [1.82, 2.24) is 15.1 Å². The van der Waals surface area contributed by atoms with E-state index in [2.05, 4.69) is 5.32 Å². The molecular weight excluding hydrogens is 386 g/mol. The third kappa shape index (κ3) is 5.09. The van der Waals surface area contributed by atoms with E-state index in [0.29, 0.717) is 36.9 Å². The third-order valence-corrected chi connectivity index (χ3v) is 5.37. The summed E-state index contributed by atoms with van der Waals surface area (Å²) in [4.78, 5) is 29.3. The minimum absolute atomic E-state index is 0.0160. The van der Waals surface area contributed by atoms with E-state index in [4.69, 9.17) is 14.2 Å². The summed E-state index contributed by atoms with van der Waals surface area (Å²) in [5.74, 6) is 1.02. The molecule has 0 aliphatic carbocycles. The third-order valence-electron chi connectivity index (χ3n) is 5.37. The number of benzene rings is 1. The molecule has 8 nitrogen and oxygen atoms in total. The number of hydrogen-bond donors (Lipinski definition) is 1. The van der Waals surface area contributed by atoms with Crippen molar-refractivity contribution in [3.63, 3.8) is 0 Å². The molecule has 1 aliphatic heterocycles. The minimum Gasteiger partial charge on any atom is -0.493 e. The number of carbonyl (C=O) groups excluding carboxylic acids is 2. The van der Waals surface area contributed by atoms with Gasteiger partial charge in [0, 0.05) is 38.1 Å². The molecular formula is C22H35N3O5. The van der Waals surface area contributed by atoms with Crippen LogP contribution in [0.5, 0.6) is 17.2 Å². The van der Waals surface area contributed by atoms with E-state index in [-0.39, 0.29) is 29.3 Å². The van der Waals surface area contributed by atoms with Crippen LogP contribution >= 0.6 is 0 Å². The summed E-state index contributed by atoms with van der Waals surface area (Å²) in [7, 11) is 6.46. The first-order chi connectivity index (χ1) is 14.1. The number of ether oxygens (including phenoxy) is 3. The Bertz CT molecular complexity index is 750. The molecule has 1 saturated heterocycles. The molecule has 1 fully saturated rings. The molecule has 0 bridgehead atoms. The Morgan fingerprint density at radius 1 is 1.10 bits per heavy atom. The summed E-state index contributed by atoms with van der Waals surface area (Å²) < 4.78 is 16.4. The summed E-state index contributed by atoms with van der Waals surface area (Å²) in [6.07, 6.45) is 0. The van der Waals surface area contributed by atoms with Gasteiger partial charge in [-0.3, -0.25) is 4.79 Å². The number of urea groups is 1. The molecule has 0 aromatic heterocycles. The van der Waals surface area contributed by atoms with Crippen molar-refractivity contribution in [2.75, 3.05) is 48.0 Å². The second-order valence-corrected chi connectivity index (χ2v) is 8.61. The minimum atomic E-state index is -0.360. The Morgan fingerprint density at radius 2 is 1.67 bits per heavy atom. The number of nitrogens with zero attached hydrogens (tertiary/aromatic N) is 2. The van der Waals surface area contributed by atoms with Crippen LogP contribution in [0.2, 0.25) is 0 Å². The molecule has 30 heavy (non-hydrogen) atoms. The van der Waals surface area contributed by atoms with Gasteiger partial charge in [-0.25, -0.2) is 4.79 Å². The topological polar surface area (TPSA) is 80.3 Å². The average Bonchev–Trinajstić information content (AvgIpc) is 3.15. The molecule has 1 aromatic carbocycles. The fraction of sp³-hybridized carbons (Fsp3) is 0.636. The highest BCUT2D eigenvalue weighted by Crippen LogP contribution is 2.43. The second-order valence-electron chi connectivity index (χ2n) is 8.61. The Balaban J connectivity index is 2.45. The monoisotopic (exact) mass is 421 g/mol. The van der Waals surface area contributed by atoms with E-state index in [9.17, 15) is 9.59 Å². The van der Waals surface area contributed by atoms with Crippen molar-refractivity contribution in [2.24, 2.45) is 5.92 Å². The number of nitrogens with one attached hydrogen (secondary N) is 1. The summed E-state index contributed by atoms with van der Waals surface area (Å²) in [5.41, 5.74) is 0.514. The van der Waals surface area contributed by atoms with Crippen molar-refractivity contribution in [2.45, 2.75) is 39.2 Å². The first-order valence-electron chi connectivity index (χ1n) is 10.2. The van der Waals surface area contributed by atoms with Crippen LogP contribution in [0.1, 0.15) is 39.2 Å². The number of carbonyl (C=O) groups is 2. The van der Waals surface area contributed by atoms with Crippen LogP contribution in [0.4, 0.5) is 4.79 Å². The molecule has 0 radical (unpaired) electrons. The molecule has 1 aliphatic rings. The lowest BCUT2D eigenvalue weighted by Crippen LogP contribution is -2.48. The number of likely N-dealkylation sites (tertiary alicyclic amines) is 1. The lowest BCUT2D eigenvalue weighted by molar-refractivity contribution is -0.133. The van der Waals surface area contributed by atoms with Gasteiger partial charge < -0.3 is 29.3 Å². The summed E-state index contributed by atoms with van der Waals surface area (Å²) in [5, 5.41) is 2.99. The van der Waals surface area contributed by atoms with E-state index in [1.165, 1.54) is 0 Å². The number of hydrogen-bond acceptors (Lipinski definition) is 5. The molecule has 1 heterocycles. The first kappa shape index (κ1) is 23.6. The van der Waals surface area contributed by atoms with E-state index < -0.39 is 0 Å². The zero-order valence-corrected chi connectivity index (χ0v) is 19.4. The quantitative estimate of drug-likeness (QED) is 0.764. The molecule has 2 unspecified atom stereocenters. The second kappa shape index (κ2) is 9.45. The fourth-order valence-corrected chi connectivity index (χ4v) is 3.71. The summed E-state index contributed by atoms with van der Waals surface area (Å²) in [6.45, 7) is 9.12. The molecule has 8 heteroatoms. The van der Waals surface area contributed by atoms with Gasteiger partial charge in [-0.2, -0.15) is 0 Å². The SMILES string of the molecule is CCN(C)C(=O)C1CN(C(=O)NC(C)(C)C)CC1c1cc(OC)c(OC)c(OC)c1. The van der Waals surface area contributed by atoms with Gasteiger partial charge in [0.25, 0.3) is 0 Å². The normalized spacial score (nSPS) is 18.7. The van der Waals surface area contributed by atoms with Gasteiger partial charge in [-0.1, -0.05) is 0 Å². The average molecular weight is 422 g/mol. The van der Waals surface area contributed by atoms with Crippen molar-refractivity contribution >= 4 is 11.9 Å². The van der Waals surface area contributed by atoms with Crippen LogP contribution in [-0.4, -0.2) is 75.3 Å². The number of methoxy groups -OCH3 is 3. The first-order valence-corrected chi connectivity index (χ1v) is 10.2. The van der Waals surface area contributed by atoms with E-state index in [1.807, 2.05) is 39.8 Å². The lowest BCUT2D eigenvalue weighted by atomic mass is 9.87. The summed E-state index contributed by atoms with van der Waals surface area (Å²) in [6, 6.07) is 3.56. The molecule has 2 atom stereocenters. The van der Waals surface area contributed by atoms with Gasteiger partial charge >= 0.3 is 6.03 Å². The molecule has 1 aromatic rings. The Morgan fingerprint density at radius 3 is 2.10 bits per heavy atom. The zero-order chi connectivity index (χ0) is 22.6. The molecule has 3 amide bonds. The highest BCUT2D eigenvalue weighted by Gasteiger charge is 2.42. The van der Waals surface area contributed by atoms with Crippen molar-refractivity contribution in [1.29, 1.82) is 0 Å². The molecule has 168 valence electrons. The molecule has 0 saturated carbocycles. The predicted molar refractivity (Wildman–Crippen MR) is 115 cm³/mol. The van der Waals surface area contributed by atoms with Gasteiger partial charge in [0.15, 0.2) is 11.5 Å². The van der Waals surface area contributed by atoms with Crippen LogP contribution in [0.3, 0.4) is 0 Å². The molecule has 1 N–H and O–H groups in total. The Labute approximate surface area is 179 Å². The maximum atomic E-state index is 13.1. The van der Waals surface area contributed by atoms with Crippen LogP contribution in [0, 0.1) is 5.92 Å². The maximum Gasteiger partial charge on any atom is 0.317 e. The highest BCUT2D eigenvalue weighted by molar-refractivity contribution is 5.83. The standard InChI is InChI=1S/C22H35N3O5/c1-9-24(5)20(26)16-13-25(21(27)23-22(2,3)4)12-15(16)14-10-17(28-6)19(30-8)18(11-14)29-7/h10-11,15-16H,9,12-13H2,1-8H3,(H,23,27). The highest BCUT2D eigenvalue weighted by atomic mass is 16.5. The maximum absolute atomic E-state index is 13.1. The van der Waals surface area contributed by atoms with E-state index >= 15 is 0 Å². The lowest BCUT2D eigenvalue weighted by Gasteiger charge is -2.25. The van der Waals surface area contributed by atoms with E-state index in [1.54, 1.807) is 38.2 Å². The van der Waals surface area contributed by atoms with Gasteiger partial charge in [0.1, 0.15) is 0 Å². The van der Waals surface area contributed by atoms with Crippen LogP contribution in [0.25, 0.3) is 0 Å².